The average Bonchev–Trinajstić information content (AvgIpc) is 2.87. The van der Waals surface area contributed by atoms with Gasteiger partial charge >= 0.3 is 0 Å². The average molecular weight is 511 g/mol. The second-order valence-electron chi connectivity index (χ2n) is 8.67. The van der Waals surface area contributed by atoms with Gasteiger partial charge in [0.1, 0.15) is 23.9 Å². The van der Waals surface area contributed by atoms with Crippen LogP contribution in [0.1, 0.15) is 16.7 Å². The number of amides is 1. The van der Waals surface area contributed by atoms with E-state index in [0.717, 1.165) is 16.9 Å². The third-order valence-corrected chi connectivity index (χ3v) is 7.87. The molecule has 0 saturated heterocycles. The van der Waals surface area contributed by atoms with E-state index in [1.54, 1.807) is 24.3 Å². The number of ether oxygens (including phenoxy) is 3. The fourth-order valence-electron chi connectivity index (χ4n) is 3.86. The molecular weight excluding hydrogens is 480 g/mol. The summed E-state index contributed by atoms with van der Waals surface area (Å²) in [4.78, 5) is 13.1. The number of carbonyl (C=O) groups excluding carboxylic acids is 1. The Labute approximate surface area is 211 Å². The molecule has 1 aliphatic heterocycles. The second-order valence-corrected chi connectivity index (χ2v) is 10.5. The molecule has 0 aliphatic carbocycles. The molecule has 0 bridgehead atoms. The summed E-state index contributed by atoms with van der Waals surface area (Å²) in [5.74, 6) is 1.19. The van der Waals surface area contributed by atoms with Gasteiger partial charge in [0.15, 0.2) is 6.10 Å². The second kappa shape index (κ2) is 10.5. The molecule has 0 fully saturated rings. The molecule has 36 heavy (non-hydrogen) atoms. The van der Waals surface area contributed by atoms with E-state index < -0.39 is 22.0 Å². The van der Waals surface area contributed by atoms with Gasteiger partial charge in [-0.15, -0.1) is 0 Å². The quantitative estimate of drug-likeness (QED) is 0.464. The molecule has 8 nitrogen and oxygen atoms in total. The maximum atomic E-state index is 13.5. The zero-order valence-corrected chi connectivity index (χ0v) is 21.6. The Morgan fingerprint density at radius 3 is 2.42 bits per heavy atom. The van der Waals surface area contributed by atoms with Crippen LogP contribution in [0.4, 0.5) is 5.69 Å². The van der Waals surface area contributed by atoms with Crippen LogP contribution in [-0.2, 0) is 14.8 Å². The van der Waals surface area contributed by atoms with Crippen molar-refractivity contribution in [1.29, 1.82) is 0 Å². The van der Waals surface area contributed by atoms with Gasteiger partial charge in [-0.05, 0) is 86.0 Å². The number of hydrogen-bond donors (Lipinski definition) is 1. The molecule has 190 valence electrons. The molecule has 1 aliphatic rings. The maximum Gasteiger partial charge on any atom is 0.264 e. The number of nitrogens with one attached hydrogen (secondary N) is 1. The van der Waals surface area contributed by atoms with Crippen molar-refractivity contribution in [3.8, 4) is 17.2 Å². The Balaban J connectivity index is 1.48. The van der Waals surface area contributed by atoms with Crippen LogP contribution >= 0.6 is 0 Å². The monoisotopic (exact) mass is 510 g/mol. The Kier molecular flexibility index (Phi) is 7.40. The molecule has 3 aromatic rings. The normalized spacial score (nSPS) is 15.0. The molecule has 0 aromatic heterocycles. The Bertz CT molecular complexity index is 1360. The zero-order chi connectivity index (χ0) is 25.9. The van der Waals surface area contributed by atoms with Crippen LogP contribution in [0.15, 0.2) is 65.6 Å². The summed E-state index contributed by atoms with van der Waals surface area (Å²) in [7, 11) is -2.44. The highest BCUT2D eigenvalue weighted by atomic mass is 32.2. The summed E-state index contributed by atoms with van der Waals surface area (Å²) >= 11 is 0. The van der Waals surface area contributed by atoms with Gasteiger partial charge in [0.05, 0.1) is 30.8 Å². The van der Waals surface area contributed by atoms with E-state index in [1.165, 1.54) is 29.1 Å². The van der Waals surface area contributed by atoms with Crippen LogP contribution in [0.25, 0.3) is 0 Å². The third kappa shape index (κ3) is 5.41. The fraction of sp³-hybridized carbons (Fsp3) is 0.296. The van der Waals surface area contributed by atoms with Crippen LogP contribution in [0, 0.1) is 20.8 Å². The lowest BCUT2D eigenvalue weighted by atomic mass is 10.1. The third-order valence-electron chi connectivity index (χ3n) is 6.07. The maximum absolute atomic E-state index is 13.5. The number of fused-ring (bicyclic) bond motifs is 1. The number of hydrogen-bond acceptors (Lipinski definition) is 6. The van der Waals surface area contributed by atoms with E-state index in [4.69, 9.17) is 14.2 Å². The molecule has 4 rings (SSSR count). The number of methoxy groups -OCH3 is 1. The molecule has 9 heteroatoms. The van der Waals surface area contributed by atoms with Crippen molar-refractivity contribution in [2.24, 2.45) is 0 Å². The summed E-state index contributed by atoms with van der Waals surface area (Å²) in [5, 5.41) is 2.79. The van der Waals surface area contributed by atoms with E-state index >= 15 is 0 Å². The first-order valence-electron chi connectivity index (χ1n) is 11.6. The number of anilines is 1. The highest BCUT2D eigenvalue weighted by Gasteiger charge is 2.37. The molecule has 0 unspecified atom stereocenters. The van der Waals surface area contributed by atoms with Crippen LogP contribution in [-0.4, -0.2) is 47.2 Å². The predicted molar refractivity (Wildman–Crippen MR) is 138 cm³/mol. The molecule has 1 heterocycles. The van der Waals surface area contributed by atoms with Crippen molar-refractivity contribution in [3.05, 3.63) is 77.4 Å². The standard InChI is InChI=1S/C27H30N2O6S/c1-18-5-12-24-25(15-18)35-26(17-29(24)36(31,32)23-10-8-21(33-4)9-11-23)27(30)28-13-14-34-22-7-6-19(2)20(3)16-22/h5-12,15-16,26H,13-14,17H2,1-4H3,(H,28,30)/t26-/m0/s1. The Morgan fingerprint density at radius 2 is 1.72 bits per heavy atom. The molecule has 0 saturated carbocycles. The number of nitrogens with zero attached hydrogens (tertiary/aromatic N) is 1. The van der Waals surface area contributed by atoms with E-state index in [1.807, 2.05) is 45.0 Å². The minimum Gasteiger partial charge on any atom is -0.497 e. The number of carbonyl (C=O) groups is 1. The lowest BCUT2D eigenvalue weighted by Crippen LogP contribution is -2.51. The molecule has 1 amide bonds. The summed E-state index contributed by atoms with van der Waals surface area (Å²) in [6.07, 6.45) is -1.02. The van der Waals surface area contributed by atoms with Crippen LogP contribution < -0.4 is 23.8 Å². The molecule has 0 radical (unpaired) electrons. The van der Waals surface area contributed by atoms with Crippen molar-refractivity contribution >= 4 is 21.6 Å². The summed E-state index contributed by atoms with van der Waals surface area (Å²) < 4.78 is 45.1. The summed E-state index contributed by atoms with van der Waals surface area (Å²) in [5.41, 5.74) is 3.57. The van der Waals surface area contributed by atoms with Gasteiger partial charge < -0.3 is 19.5 Å². The smallest absolute Gasteiger partial charge is 0.264 e. The van der Waals surface area contributed by atoms with Crippen molar-refractivity contribution < 1.29 is 27.4 Å². The van der Waals surface area contributed by atoms with Crippen LogP contribution in [0.5, 0.6) is 17.2 Å². The van der Waals surface area contributed by atoms with Gasteiger partial charge in [0, 0.05) is 0 Å². The molecule has 3 aromatic carbocycles. The first-order valence-corrected chi connectivity index (χ1v) is 13.0. The van der Waals surface area contributed by atoms with E-state index in [2.05, 4.69) is 5.32 Å². The minimum absolute atomic E-state index is 0.0951. The highest BCUT2D eigenvalue weighted by Crippen LogP contribution is 2.38. The van der Waals surface area contributed by atoms with Gasteiger partial charge in [-0.25, -0.2) is 8.42 Å². The molecule has 1 atom stereocenters. The topological polar surface area (TPSA) is 94.2 Å². The van der Waals surface area contributed by atoms with Crippen LogP contribution in [0.3, 0.4) is 0 Å². The lowest BCUT2D eigenvalue weighted by Gasteiger charge is -2.35. The first kappa shape index (κ1) is 25.4. The predicted octanol–water partition coefficient (Wildman–Crippen LogP) is 3.77. The number of aryl methyl sites for hydroxylation is 3. The molecule has 0 spiro atoms. The zero-order valence-electron chi connectivity index (χ0n) is 20.8. The number of sulfonamides is 1. The van der Waals surface area contributed by atoms with Crippen molar-refractivity contribution in [2.45, 2.75) is 31.8 Å². The fourth-order valence-corrected chi connectivity index (χ4v) is 5.34. The van der Waals surface area contributed by atoms with Crippen molar-refractivity contribution in [3.63, 3.8) is 0 Å². The van der Waals surface area contributed by atoms with E-state index in [9.17, 15) is 13.2 Å². The molecule has 1 N–H and O–H groups in total. The van der Waals surface area contributed by atoms with E-state index in [-0.39, 0.29) is 24.6 Å². The largest absolute Gasteiger partial charge is 0.497 e. The Morgan fingerprint density at radius 1 is 1.00 bits per heavy atom. The van der Waals surface area contributed by atoms with E-state index in [0.29, 0.717) is 17.2 Å². The van der Waals surface area contributed by atoms with Gasteiger partial charge in [-0.1, -0.05) is 12.1 Å². The summed E-state index contributed by atoms with van der Waals surface area (Å²) in [6.45, 7) is 6.27. The number of rotatable bonds is 8. The van der Waals surface area contributed by atoms with Crippen LogP contribution in [0.2, 0.25) is 0 Å². The van der Waals surface area contributed by atoms with Gasteiger partial charge in [-0.3, -0.25) is 9.10 Å². The Hall–Kier alpha value is -3.72. The van der Waals surface area contributed by atoms with Crippen molar-refractivity contribution in [1.82, 2.24) is 5.32 Å². The lowest BCUT2D eigenvalue weighted by molar-refractivity contribution is -0.127. The van der Waals surface area contributed by atoms with Crippen molar-refractivity contribution in [2.75, 3.05) is 31.1 Å². The first-order chi connectivity index (χ1) is 17.2. The highest BCUT2D eigenvalue weighted by molar-refractivity contribution is 7.92. The van der Waals surface area contributed by atoms with Gasteiger partial charge in [-0.2, -0.15) is 0 Å². The molecular formula is C27H30N2O6S. The van der Waals surface area contributed by atoms with Gasteiger partial charge in [0.25, 0.3) is 15.9 Å². The number of benzene rings is 3. The SMILES string of the molecule is COc1ccc(S(=O)(=O)N2C[C@@H](C(=O)NCCOc3ccc(C)c(C)c3)Oc3cc(C)ccc32)cc1. The minimum atomic E-state index is -3.96. The summed E-state index contributed by atoms with van der Waals surface area (Å²) in [6, 6.07) is 17.2. The van der Waals surface area contributed by atoms with Gasteiger partial charge in [0.2, 0.25) is 0 Å².